The molecule has 1 saturated heterocycles. The number of ether oxygens (including phenoxy) is 1. The highest BCUT2D eigenvalue weighted by Gasteiger charge is 2.44. The molecule has 0 aromatic carbocycles. The number of amides is 1. The van der Waals surface area contributed by atoms with Crippen LogP contribution in [0.1, 0.15) is 13.8 Å². The third-order valence-corrected chi connectivity index (χ3v) is 2.09. The van der Waals surface area contributed by atoms with Crippen molar-refractivity contribution in [1.82, 2.24) is 5.32 Å². The molecule has 0 aromatic heterocycles. The standard InChI is InChI=1S/C9H14N2O3/c1-3-4-5-10-9(12)8-6-14-7(2)11(8)13/h3-4,7-8H,5-6H2,1-2H3/p+1/b4-3+. The first-order valence-electron chi connectivity index (χ1n) is 4.62. The maximum absolute atomic E-state index is 11.4. The molecule has 5 heteroatoms. The molecule has 1 aliphatic rings. The second-order valence-corrected chi connectivity index (χ2v) is 3.12. The second-order valence-electron chi connectivity index (χ2n) is 3.12. The topological polar surface area (TPSA) is 58.4 Å². The molecule has 0 aromatic rings. The molecule has 0 saturated carbocycles. The van der Waals surface area contributed by atoms with Gasteiger partial charge in [0.2, 0.25) is 0 Å². The predicted molar refractivity (Wildman–Crippen MR) is 50.7 cm³/mol. The van der Waals surface area contributed by atoms with Crippen LogP contribution in [0.15, 0.2) is 12.2 Å². The molecule has 1 rings (SSSR count). The summed E-state index contributed by atoms with van der Waals surface area (Å²) in [5.74, 6) is -0.276. The smallest absolute Gasteiger partial charge is 0.304 e. The molecule has 2 atom stereocenters. The highest BCUT2D eigenvalue weighted by Crippen LogP contribution is 2.09. The fraction of sp³-hybridized carbons (Fsp3) is 0.667. The van der Waals surface area contributed by atoms with Gasteiger partial charge in [0.05, 0.1) is 0 Å². The van der Waals surface area contributed by atoms with Crippen LogP contribution in [-0.4, -0.2) is 36.1 Å². The van der Waals surface area contributed by atoms with Gasteiger partial charge in [-0.2, -0.15) is 0 Å². The molecular weight excluding hydrogens is 184 g/mol. The molecule has 0 spiro atoms. The van der Waals surface area contributed by atoms with E-state index in [1.54, 1.807) is 6.92 Å². The first kappa shape index (κ1) is 10.8. The molecule has 0 aliphatic carbocycles. The van der Waals surface area contributed by atoms with Gasteiger partial charge < -0.3 is 10.1 Å². The van der Waals surface area contributed by atoms with Crippen molar-refractivity contribution >= 4 is 5.91 Å². The second kappa shape index (κ2) is 4.85. The van der Waals surface area contributed by atoms with Gasteiger partial charge in [-0.1, -0.05) is 12.2 Å². The van der Waals surface area contributed by atoms with Gasteiger partial charge in [-0.3, -0.25) is 4.79 Å². The van der Waals surface area contributed by atoms with Crippen LogP contribution in [0.25, 0.3) is 0 Å². The number of carbonyl (C=O) groups excluding carboxylic acids is 1. The molecule has 5 nitrogen and oxygen atoms in total. The van der Waals surface area contributed by atoms with Crippen molar-refractivity contribution in [2.75, 3.05) is 13.2 Å². The van der Waals surface area contributed by atoms with Crippen LogP contribution >= 0.6 is 0 Å². The Morgan fingerprint density at radius 1 is 1.71 bits per heavy atom. The zero-order valence-corrected chi connectivity index (χ0v) is 8.40. The van der Waals surface area contributed by atoms with Gasteiger partial charge >= 0.3 is 12.3 Å². The molecule has 78 valence electrons. The van der Waals surface area contributed by atoms with E-state index < -0.39 is 12.3 Å². The Balaban J connectivity index is 2.42. The number of hydrogen-bond acceptors (Lipinski definition) is 3. The van der Waals surface area contributed by atoms with Crippen molar-refractivity contribution in [2.24, 2.45) is 0 Å². The molecule has 2 unspecified atom stereocenters. The summed E-state index contributed by atoms with van der Waals surface area (Å²) >= 11 is 0. The summed E-state index contributed by atoms with van der Waals surface area (Å²) in [5, 5.41) is 2.63. The van der Waals surface area contributed by atoms with Crippen molar-refractivity contribution < 1.29 is 14.3 Å². The van der Waals surface area contributed by atoms with E-state index in [1.807, 2.05) is 19.1 Å². The first-order valence-corrected chi connectivity index (χ1v) is 4.62. The Kier molecular flexibility index (Phi) is 3.76. The quantitative estimate of drug-likeness (QED) is 0.522. The number of nitroso groups, excluding NO2 is 1. The maximum atomic E-state index is 11.4. The van der Waals surface area contributed by atoms with Crippen LogP contribution in [-0.2, 0) is 9.53 Å². The minimum Gasteiger partial charge on any atom is -0.347 e. The van der Waals surface area contributed by atoms with Crippen molar-refractivity contribution in [3.05, 3.63) is 17.1 Å². The van der Waals surface area contributed by atoms with E-state index in [2.05, 4.69) is 5.32 Å². The summed E-state index contributed by atoms with van der Waals surface area (Å²) in [6, 6.07) is -0.699. The Morgan fingerprint density at radius 3 is 2.93 bits per heavy atom. The molecular formula is C9H15N2O3+. The van der Waals surface area contributed by atoms with Crippen LogP contribution in [0.3, 0.4) is 0 Å². The van der Waals surface area contributed by atoms with Gasteiger partial charge in [-0.05, 0) is 6.92 Å². The SMILES string of the molecule is C/C=C/CNC(=O)C1COC(C)[N+]1=O. The molecule has 1 fully saturated rings. The van der Waals surface area contributed by atoms with Crippen LogP contribution in [0, 0.1) is 4.91 Å². The van der Waals surface area contributed by atoms with E-state index in [0.717, 1.165) is 0 Å². The summed E-state index contributed by atoms with van der Waals surface area (Å²) in [6.07, 6.45) is 3.13. The van der Waals surface area contributed by atoms with E-state index in [-0.39, 0.29) is 12.5 Å². The molecule has 1 aliphatic heterocycles. The lowest BCUT2D eigenvalue weighted by Crippen LogP contribution is -2.40. The molecule has 1 amide bonds. The molecule has 1 N–H and O–H groups in total. The van der Waals surface area contributed by atoms with Crippen molar-refractivity contribution in [2.45, 2.75) is 26.1 Å². The minimum absolute atomic E-state index is 0.173. The van der Waals surface area contributed by atoms with E-state index in [4.69, 9.17) is 4.74 Å². The van der Waals surface area contributed by atoms with Crippen molar-refractivity contribution in [1.29, 1.82) is 0 Å². The summed E-state index contributed by atoms with van der Waals surface area (Å²) in [4.78, 5) is 22.7. The third-order valence-electron chi connectivity index (χ3n) is 2.09. The average Bonchev–Trinajstić information content (AvgIpc) is 2.48. The number of rotatable bonds is 3. The lowest BCUT2D eigenvalue weighted by atomic mass is 10.3. The van der Waals surface area contributed by atoms with Gasteiger partial charge in [0, 0.05) is 23.1 Å². The van der Waals surface area contributed by atoms with Crippen LogP contribution < -0.4 is 5.32 Å². The zero-order valence-electron chi connectivity index (χ0n) is 8.40. The number of carbonyl (C=O) groups is 1. The van der Waals surface area contributed by atoms with E-state index in [1.165, 1.54) is 0 Å². The third kappa shape index (κ3) is 2.38. The first-order chi connectivity index (χ1) is 6.66. The maximum Gasteiger partial charge on any atom is 0.304 e. The monoisotopic (exact) mass is 199 g/mol. The van der Waals surface area contributed by atoms with Gasteiger partial charge in [-0.25, -0.2) is 0 Å². The summed E-state index contributed by atoms with van der Waals surface area (Å²) in [6.45, 7) is 4.12. The Morgan fingerprint density at radius 2 is 2.43 bits per heavy atom. The summed E-state index contributed by atoms with van der Waals surface area (Å²) in [7, 11) is 0. The lowest BCUT2D eigenvalue weighted by molar-refractivity contribution is -0.603. The zero-order chi connectivity index (χ0) is 10.6. The summed E-state index contributed by atoms with van der Waals surface area (Å²) in [5.41, 5.74) is 0. The van der Waals surface area contributed by atoms with Gasteiger partial charge in [0.25, 0.3) is 5.91 Å². The van der Waals surface area contributed by atoms with Gasteiger partial charge in [-0.15, -0.1) is 0 Å². The van der Waals surface area contributed by atoms with Gasteiger partial charge in [0.15, 0.2) is 0 Å². The van der Waals surface area contributed by atoms with Crippen molar-refractivity contribution in [3.8, 4) is 0 Å². The van der Waals surface area contributed by atoms with Crippen molar-refractivity contribution in [3.63, 3.8) is 0 Å². The highest BCUT2D eigenvalue weighted by molar-refractivity contribution is 5.80. The molecule has 1 heterocycles. The Hall–Kier alpha value is -1.23. The number of allylic oxidation sites excluding steroid dienone is 1. The van der Waals surface area contributed by atoms with E-state index in [0.29, 0.717) is 11.3 Å². The fourth-order valence-corrected chi connectivity index (χ4v) is 1.22. The van der Waals surface area contributed by atoms with E-state index >= 15 is 0 Å². The predicted octanol–water partition coefficient (Wildman–Crippen LogP) is 0.202. The molecule has 0 radical (unpaired) electrons. The Bertz CT molecular complexity index is 263. The summed E-state index contributed by atoms with van der Waals surface area (Å²) < 4.78 is 5.73. The number of nitrogens with zero attached hydrogens (tertiary/aromatic N) is 1. The van der Waals surface area contributed by atoms with Crippen LogP contribution in [0.4, 0.5) is 0 Å². The van der Waals surface area contributed by atoms with E-state index in [9.17, 15) is 9.70 Å². The van der Waals surface area contributed by atoms with Crippen LogP contribution in [0.2, 0.25) is 0 Å². The Labute approximate surface area is 82.7 Å². The molecule has 0 bridgehead atoms. The van der Waals surface area contributed by atoms with Crippen LogP contribution in [0.5, 0.6) is 0 Å². The number of hydrogen-bond donors (Lipinski definition) is 1. The minimum atomic E-state index is -0.699. The fourth-order valence-electron chi connectivity index (χ4n) is 1.22. The lowest BCUT2D eigenvalue weighted by Gasteiger charge is -2.00. The molecule has 14 heavy (non-hydrogen) atoms. The normalized spacial score (nSPS) is 27.1. The average molecular weight is 199 g/mol. The number of nitrogens with one attached hydrogen (secondary N) is 1. The van der Waals surface area contributed by atoms with Gasteiger partial charge in [0.1, 0.15) is 6.61 Å². The largest absolute Gasteiger partial charge is 0.347 e. The highest BCUT2D eigenvalue weighted by atomic mass is 16.5.